The van der Waals surface area contributed by atoms with Crippen LogP contribution in [0, 0.1) is 5.82 Å². The highest BCUT2D eigenvalue weighted by molar-refractivity contribution is 5.59. The Hall–Kier alpha value is -2.93. The van der Waals surface area contributed by atoms with Crippen LogP contribution in [0.15, 0.2) is 54.9 Å². The van der Waals surface area contributed by atoms with Crippen LogP contribution in [-0.2, 0) is 11.3 Å². The maximum Gasteiger partial charge on any atom is 0.245 e. The third kappa shape index (κ3) is 4.43. The molecular weight excluding hydrogens is 345 g/mol. The number of piperidine rings is 1. The fourth-order valence-corrected chi connectivity index (χ4v) is 3.16. The van der Waals surface area contributed by atoms with Gasteiger partial charge in [-0.05, 0) is 37.1 Å². The number of pyridine rings is 1. The maximum absolute atomic E-state index is 13.5. The van der Waals surface area contributed by atoms with E-state index in [-0.39, 0.29) is 11.9 Å². The third-order valence-electron chi connectivity index (χ3n) is 4.52. The highest BCUT2D eigenvalue weighted by atomic mass is 19.1. The molecule has 7 heteroatoms. The molecule has 0 amide bonds. The van der Waals surface area contributed by atoms with E-state index in [0.717, 1.165) is 25.1 Å². The number of anilines is 1. The SMILES string of the molecule is Fc1cccc(-c2cnnc(N3CCC[C@@H](OCc4ccccn4)C3)n2)c1. The number of halogens is 1. The molecule has 0 radical (unpaired) electrons. The average molecular weight is 365 g/mol. The Balaban J connectivity index is 1.44. The first-order chi connectivity index (χ1) is 13.3. The van der Waals surface area contributed by atoms with E-state index in [2.05, 4.69) is 25.1 Å². The van der Waals surface area contributed by atoms with Gasteiger partial charge in [0.2, 0.25) is 5.95 Å². The van der Waals surface area contributed by atoms with Gasteiger partial charge >= 0.3 is 0 Å². The van der Waals surface area contributed by atoms with Crippen molar-refractivity contribution in [3.05, 3.63) is 66.4 Å². The zero-order valence-corrected chi connectivity index (χ0v) is 14.8. The molecule has 0 spiro atoms. The van der Waals surface area contributed by atoms with E-state index >= 15 is 0 Å². The molecule has 0 N–H and O–H groups in total. The highest BCUT2D eigenvalue weighted by Gasteiger charge is 2.23. The molecule has 1 aliphatic heterocycles. The second kappa shape index (κ2) is 8.18. The third-order valence-corrected chi connectivity index (χ3v) is 4.52. The van der Waals surface area contributed by atoms with Crippen molar-refractivity contribution in [3.63, 3.8) is 0 Å². The van der Waals surface area contributed by atoms with E-state index in [0.29, 0.717) is 30.4 Å². The van der Waals surface area contributed by atoms with E-state index in [1.165, 1.54) is 12.1 Å². The molecule has 0 unspecified atom stereocenters. The van der Waals surface area contributed by atoms with Crippen LogP contribution in [0.1, 0.15) is 18.5 Å². The van der Waals surface area contributed by atoms with E-state index in [9.17, 15) is 4.39 Å². The van der Waals surface area contributed by atoms with Crippen molar-refractivity contribution in [2.45, 2.75) is 25.6 Å². The molecule has 138 valence electrons. The van der Waals surface area contributed by atoms with Crippen LogP contribution in [0.2, 0.25) is 0 Å². The molecule has 0 bridgehead atoms. The van der Waals surface area contributed by atoms with E-state index in [1.807, 2.05) is 24.3 Å². The van der Waals surface area contributed by atoms with Gasteiger partial charge in [-0.15, -0.1) is 5.10 Å². The number of aromatic nitrogens is 4. The summed E-state index contributed by atoms with van der Waals surface area (Å²) < 4.78 is 19.5. The van der Waals surface area contributed by atoms with Gasteiger partial charge in [-0.1, -0.05) is 18.2 Å². The first-order valence-electron chi connectivity index (χ1n) is 9.00. The molecule has 4 rings (SSSR count). The largest absolute Gasteiger partial charge is 0.370 e. The van der Waals surface area contributed by atoms with Gasteiger partial charge in [0.1, 0.15) is 5.82 Å². The predicted molar refractivity (Wildman–Crippen MR) is 99.5 cm³/mol. The van der Waals surface area contributed by atoms with Gasteiger partial charge in [0.25, 0.3) is 0 Å². The van der Waals surface area contributed by atoms with Crippen LogP contribution < -0.4 is 4.90 Å². The summed E-state index contributed by atoms with van der Waals surface area (Å²) in [6.07, 6.45) is 5.38. The van der Waals surface area contributed by atoms with Crippen molar-refractivity contribution in [3.8, 4) is 11.3 Å². The molecule has 2 aromatic heterocycles. The van der Waals surface area contributed by atoms with Gasteiger partial charge in [-0.25, -0.2) is 9.37 Å². The van der Waals surface area contributed by atoms with Crippen molar-refractivity contribution < 1.29 is 9.13 Å². The summed E-state index contributed by atoms with van der Waals surface area (Å²) in [5.41, 5.74) is 2.21. The van der Waals surface area contributed by atoms with E-state index in [1.54, 1.807) is 18.5 Å². The molecule has 1 saturated heterocycles. The first-order valence-corrected chi connectivity index (χ1v) is 9.00. The number of hydrogen-bond donors (Lipinski definition) is 0. The lowest BCUT2D eigenvalue weighted by Gasteiger charge is -2.32. The number of nitrogens with zero attached hydrogens (tertiary/aromatic N) is 5. The van der Waals surface area contributed by atoms with E-state index in [4.69, 9.17) is 4.74 Å². The molecule has 1 aromatic carbocycles. The van der Waals surface area contributed by atoms with Crippen molar-refractivity contribution in [1.82, 2.24) is 20.2 Å². The standard InChI is InChI=1S/C20H20FN5O/c21-16-6-3-5-15(11-16)19-12-23-25-20(24-19)26-10-4-8-18(13-26)27-14-17-7-1-2-9-22-17/h1-3,5-7,9,11-12,18H,4,8,10,13-14H2/t18-/m1/s1. The van der Waals surface area contributed by atoms with Crippen LogP contribution in [0.4, 0.5) is 10.3 Å². The molecule has 6 nitrogen and oxygen atoms in total. The quantitative estimate of drug-likeness (QED) is 0.692. The van der Waals surface area contributed by atoms with Crippen LogP contribution in [0.5, 0.6) is 0 Å². The van der Waals surface area contributed by atoms with Gasteiger partial charge in [-0.2, -0.15) is 5.10 Å². The van der Waals surface area contributed by atoms with Crippen LogP contribution in [-0.4, -0.2) is 39.4 Å². The average Bonchev–Trinajstić information content (AvgIpc) is 2.73. The summed E-state index contributed by atoms with van der Waals surface area (Å²) in [5, 5.41) is 8.22. The Bertz CT molecular complexity index is 892. The zero-order chi connectivity index (χ0) is 18.5. The number of rotatable bonds is 5. The minimum atomic E-state index is -0.298. The molecule has 3 aromatic rings. The summed E-state index contributed by atoms with van der Waals surface area (Å²) in [6.45, 7) is 2.03. The summed E-state index contributed by atoms with van der Waals surface area (Å²) >= 11 is 0. The van der Waals surface area contributed by atoms with Gasteiger partial charge < -0.3 is 9.64 Å². The molecular formula is C20H20FN5O. The van der Waals surface area contributed by atoms with Crippen molar-refractivity contribution in [1.29, 1.82) is 0 Å². The Morgan fingerprint density at radius 1 is 1.19 bits per heavy atom. The Kier molecular flexibility index (Phi) is 5.29. The number of ether oxygens (including phenoxy) is 1. The lowest BCUT2D eigenvalue weighted by atomic mass is 10.1. The van der Waals surface area contributed by atoms with Gasteiger partial charge in [0, 0.05) is 24.8 Å². The lowest BCUT2D eigenvalue weighted by molar-refractivity contribution is 0.0295. The summed E-state index contributed by atoms with van der Waals surface area (Å²) in [4.78, 5) is 10.9. The van der Waals surface area contributed by atoms with Gasteiger partial charge in [0.05, 0.1) is 30.3 Å². The van der Waals surface area contributed by atoms with Crippen molar-refractivity contribution in [2.24, 2.45) is 0 Å². The second-order valence-corrected chi connectivity index (χ2v) is 6.49. The summed E-state index contributed by atoms with van der Waals surface area (Å²) in [5.74, 6) is 0.247. The molecule has 1 aliphatic rings. The minimum absolute atomic E-state index is 0.0854. The fourth-order valence-electron chi connectivity index (χ4n) is 3.16. The molecule has 0 aliphatic carbocycles. The monoisotopic (exact) mass is 365 g/mol. The Labute approximate surface area is 157 Å². The predicted octanol–water partition coefficient (Wildman–Crippen LogP) is 3.26. The topological polar surface area (TPSA) is 64.0 Å². The second-order valence-electron chi connectivity index (χ2n) is 6.49. The zero-order valence-electron chi connectivity index (χ0n) is 14.8. The Morgan fingerprint density at radius 3 is 3.00 bits per heavy atom. The van der Waals surface area contributed by atoms with Gasteiger partial charge in [-0.3, -0.25) is 4.98 Å². The fraction of sp³-hybridized carbons (Fsp3) is 0.300. The maximum atomic E-state index is 13.5. The van der Waals surface area contributed by atoms with E-state index < -0.39 is 0 Å². The molecule has 27 heavy (non-hydrogen) atoms. The summed E-state index contributed by atoms with van der Waals surface area (Å²) in [6, 6.07) is 12.1. The van der Waals surface area contributed by atoms with Crippen LogP contribution in [0.25, 0.3) is 11.3 Å². The van der Waals surface area contributed by atoms with Gasteiger partial charge in [0.15, 0.2) is 0 Å². The van der Waals surface area contributed by atoms with Crippen molar-refractivity contribution in [2.75, 3.05) is 18.0 Å². The normalized spacial score (nSPS) is 17.1. The molecule has 1 fully saturated rings. The Morgan fingerprint density at radius 2 is 2.15 bits per heavy atom. The molecule has 0 saturated carbocycles. The smallest absolute Gasteiger partial charge is 0.245 e. The minimum Gasteiger partial charge on any atom is -0.370 e. The molecule has 1 atom stereocenters. The van der Waals surface area contributed by atoms with Crippen LogP contribution in [0.3, 0.4) is 0 Å². The highest BCUT2D eigenvalue weighted by Crippen LogP contribution is 2.22. The number of benzene rings is 1. The molecule has 3 heterocycles. The lowest BCUT2D eigenvalue weighted by Crippen LogP contribution is -2.40. The number of hydrogen-bond acceptors (Lipinski definition) is 6. The van der Waals surface area contributed by atoms with Crippen molar-refractivity contribution >= 4 is 5.95 Å². The first kappa shape index (κ1) is 17.5. The van der Waals surface area contributed by atoms with Crippen LogP contribution >= 0.6 is 0 Å². The summed E-state index contributed by atoms with van der Waals surface area (Å²) in [7, 11) is 0.